The number of amides is 1. The summed E-state index contributed by atoms with van der Waals surface area (Å²) in [4.78, 5) is 12.2. The molecule has 1 saturated carbocycles. The third-order valence-electron chi connectivity index (χ3n) is 4.02. The number of benzene rings is 1. The van der Waals surface area contributed by atoms with Gasteiger partial charge in [-0.3, -0.25) is 4.79 Å². The van der Waals surface area contributed by atoms with E-state index in [1.807, 2.05) is 38.1 Å². The predicted octanol–water partition coefficient (Wildman–Crippen LogP) is 3.58. The summed E-state index contributed by atoms with van der Waals surface area (Å²) in [6, 6.07) is 8.24. The Labute approximate surface area is 140 Å². The molecule has 1 amide bonds. The van der Waals surface area contributed by atoms with Crippen LogP contribution >= 0.6 is 11.8 Å². The first kappa shape index (κ1) is 16.1. The highest BCUT2D eigenvalue weighted by atomic mass is 32.2. The zero-order valence-electron chi connectivity index (χ0n) is 13.4. The van der Waals surface area contributed by atoms with Gasteiger partial charge in [0.15, 0.2) is 0 Å². The van der Waals surface area contributed by atoms with Crippen molar-refractivity contribution in [1.82, 2.24) is 15.5 Å². The van der Waals surface area contributed by atoms with Crippen molar-refractivity contribution in [1.29, 1.82) is 0 Å². The Bertz CT molecular complexity index is 680. The minimum absolute atomic E-state index is 0.0391. The van der Waals surface area contributed by atoms with Gasteiger partial charge in [-0.25, -0.2) is 0 Å². The van der Waals surface area contributed by atoms with Gasteiger partial charge >= 0.3 is 0 Å². The molecule has 1 atom stereocenters. The number of nitrogens with one attached hydrogen (secondary N) is 1. The number of carbonyl (C=O) groups is 1. The van der Waals surface area contributed by atoms with Crippen molar-refractivity contribution >= 4 is 17.7 Å². The number of hydrogen-bond donors (Lipinski definition) is 1. The molecule has 122 valence electrons. The zero-order valence-corrected chi connectivity index (χ0v) is 14.2. The van der Waals surface area contributed by atoms with Crippen molar-refractivity contribution in [2.45, 2.75) is 56.0 Å². The van der Waals surface area contributed by atoms with Gasteiger partial charge in [-0.1, -0.05) is 42.3 Å². The van der Waals surface area contributed by atoms with Gasteiger partial charge in [-0.15, -0.1) is 10.2 Å². The third-order valence-corrected chi connectivity index (χ3v) is 4.95. The summed E-state index contributed by atoms with van der Waals surface area (Å²) in [7, 11) is 0. The van der Waals surface area contributed by atoms with Crippen molar-refractivity contribution in [2.75, 3.05) is 0 Å². The highest BCUT2D eigenvalue weighted by Crippen LogP contribution is 2.27. The number of aryl methyl sites for hydroxylation is 1. The van der Waals surface area contributed by atoms with Crippen LogP contribution in [0.4, 0.5) is 0 Å². The van der Waals surface area contributed by atoms with E-state index in [0.717, 1.165) is 24.0 Å². The average molecular weight is 331 g/mol. The summed E-state index contributed by atoms with van der Waals surface area (Å²) in [6.07, 6.45) is 4.58. The Morgan fingerprint density at radius 2 is 2.13 bits per heavy atom. The Morgan fingerprint density at radius 1 is 1.35 bits per heavy atom. The predicted molar refractivity (Wildman–Crippen MR) is 90.2 cm³/mol. The van der Waals surface area contributed by atoms with Crippen LogP contribution in [-0.2, 0) is 4.79 Å². The molecule has 1 aromatic carbocycles. The molecule has 1 N–H and O–H groups in total. The summed E-state index contributed by atoms with van der Waals surface area (Å²) >= 11 is 1.30. The van der Waals surface area contributed by atoms with Crippen LogP contribution in [0.3, 0.4) is 0 Å². The van der Waals surface area contributed by atoms with Crippen LogP contribution < -0.4 is 5.32 Å². The number of thioether (sulfide) groups is 1. The Kier molecular flexibility index (Phi) is 5.00. The SMILES string of the molecule is Cc1cccc(-c2nnc(S[C@H](C)C(=O)NC3CCCC3)o2)c1. The van der Waals surface area contributed by atoms with Gasteiger partial charge in [0.2, 0.25) is 11.8 Å². The summed E-state index contributed by atoms with van der Waals surface area (Å²) in [5.74, 6) is 0.525. The normalized spacial score (nSPS) is 16.4. The fourth-order valence-corrected chi connectivity index (χ4v) is 3.44. The van der Waals surface area contributed by atoms with Crippen molar-refractivity contribution < 1.29 is 9.21 Å². The monoisotopic (exact) mass is 331 g/mol. The fraction of sp³-hybridized carbons (Fsp3) is 0.471. The Balaban J connectivity index is 1.60. The summed E-state index contributed by atoms with van der Waals surface area (Å²) in [5, 5.41) is 11.4. The molecule has 3 rings (SSSR count). The molecule has 0 saturated heterocycles. The molecule has 1 heterocycles. The molecular formula is C17H21N3O2S. The van der Waals surface area contributed by atoms with Crippen molar-refractivity contribution in [3.63, 3.8) is 0 Å². The van der Waals surface area contributed by atoms with Crippen molar-refractivity contribution in [3.05, 3.63) is 29.8 Å². The molecule has 23 heavy (non-hydrogen) atoms. The minimum Gasteiger partial charge on any atom is -0.411 e. The van der Waals surface area contributed by atoms with Gasteiger partial charge in [0.1, 0.15) is 0 Å². The lowest BCUT2D eigenvalue weighted by atomic mass is 10.1. The van der Waals surface area contributed by atoms with Gasteiger partial charge in [0.25, 0.3) is 5.22 Å². The molecule has 0 radical (unpaired) electrons. The molecule has 1 aliphatic rings. The number of hydrogen-bond acceptors (Lipinski definition) is 5. The van der Waals surface area contributed by atoms with Crippen molar-refractivity contribution in [2.24, 2.45) is 0 Å². The maximum Gasteiger partial charge on any atom is 0.277 e. The Morgan fingerprint density at radius 3 is 2.87 bits per heavy atom. The maximum atomic E-state index is 12.2. The first-order chi connectivity index (χ1) is 11.1. The van der Waals surface area contributed by atoms with E-state index in [0.29, 0.717) is 17.2 Å². The molecule has 5 nitrogen and oxygen atoms in total. The molecule has 1 fully saturated rings. The van der Waals surface area contributed by atoms with Crippen LogP contribution in [-0.4, -0.2) is 27.4 Å². The van der Waals surface area contributed by atoms with E-state index in [2.05, 4.69) is 15.5 Å². The first-order valence-electron chi connectivity index (χ1n) is 7.99. The van der Waals surface area contributed by atoms with E-state index < -0.39 is 0 Å². The van der Waals surface area contributed by atoms with Crippen LogP contribution in [0.2, 0.25) is 0 Å². The fourth-order valence-electron chi connectivity index (χ4n) is 2.75. The van der Waals surface area contributed by atoms with Crippen LogP contribution in [0.1, 0.15) is 38.2 Å². The zero-order chi connectivity index (χ0) is 16.2. The van der Waals surface area contributed by atoms with E-state index in [1.54, 1.807) is 0 Å². The maximum absolute atomic E-state index is 12.2. The molecule has 0 bridgehead atoms. The summed E-state index contributed by atoms with van der Waals surface area (Å²) in [5.41, 5.74) is 2.03. The van der Waals surface area contributed by atoms with E-state index in [9.17, 15) is 4.79 Å². The quantitative estimate of drug-likeness (QED) is 0.848. The highest BCUT2D eigenvalue weighted by Gasteiger charge is 2.23. The molecule has 0 spiro atoms. The second kappa shape index (κ2) is 7.17. The minimum atomic E-state index is -0.249. The summed E-state index contributed by atoms with van der Waals surface area (Å²) < 4.78 is 5.68. The summed E-state index contributed by atoms with van der Waals surface area (Å²) in [6.45, 7) is 3.89. The van der Waals surface area contributed by atoms with E-state index in [4.69, 9.17) is 4.42 Å². The molecule has 1 aromatic heterocycles. The van der Waals surface area contributed by atoms with E-state index >= 15 is 0 Å². The molecule has 6 heteroatoms. The largest absolute Gasteiger partial charge is 0.411 e. The van der Waals surface area contributed by atoms with Gasteiger partial charge in [-0.05, 0) is 38.8 Å². The molecule has 0 unspecified atom stereocenters. The average Bonchev–Trinajstić information content (AvgIpc) is 3.19. The molecular weight excluding hydrogens is 310 g/mol. The van der Waals surface area contributed by atoms with Gasteiger partial charge < -0.3 is 9.73 Å². The lowest BCUT2D eigenvalue weighted by molar-refractivity contribution is -0.120. The second-order valence-electron chi connectivity index (χ2n) is 5.99. The smallest absolute Gasteiger partial charge is 0.277 e. The number of rotatable bonds is 5. The van der Waals surface area contributed by atoms with E-state index in [-0.39, 0.29) is 11.2 Å². The lowest BCUT2D eigenvalue weighted by Gasteiger charge is -2.14. The standard InChI is InChI=1S/C17H21N3O2S/c1-11-6-5-7-13(10-11)16-19-20-17(22-16)23-12(2)15(21)18-14-8-3-4-9-14/h5-7,10,12,14H,3-4,8-9H2,1-2H3,(H,18,21)/t12-/m1/s1. The van der Waals surface area contributed by atoms with Crippen LogP contribution in [0.15, 0.2) is 33.9 Å². The number of nitrogens with zero attached hydrogens (tertiary/aromatic N) is 2. The van der Waals surface area contributed by atoms with Crippen LogP contribution in [0.5, 0.6) is 0 Å². The molecule has 0 aliphatic heterocycles. The van der Waals surface area contributed by atoms with Crippen molar-refractivity contribution in [3.8, 4) is 11.5 Å². The van der Waals surface area contributed by atoms with E-state index in [1.165, 1.54) is 24.6 Å². The topological polar surface area (TPSA) is 68.0 Å². The Hall–Kier alpha value is -1.82. The van der Waals surface area contributed by atoms with Crippen LogP contribution in [0, 0.1) is 6.92 Å². The van der Waals surface area contributed by atoms with Crippen LogP contribution in [0.25, 0.3) is 11.5 Å². The third kappa shape index (κ3) is 4.13. The number of aromatic nitrogens is 2. The lowest BCUT2D eigenvalue weighted by Crippen LogP contribution is -2.37. The second-order valence-corrected chi connectivity index (χ2v) is 7.28. The van der Waals surface area contributed by atoms with Gasteiger partial charge in [0, 0.05) is 11.6 Å². The first-order valence-corrected chi connectivity index (χ1v) is 8.87. The molecule has 1 aliphatic carbocycles. The highest BCUT2D eigenvalue weighted by molar-refractivity contribution is 8.00. The number of carbonyl (C=O) groups excluding carboxylic acids is 1. The van der Waals surface area contributed by atoms with Gasteiger partial charge in [-0.2, -0.15) is 0 Å². The van der Waals surface area contributed by atoms with Gasteiger partial charge in [0.05, 0.1) is 5.25 Å². The molecule has 2 aromatic rings.